The van der Waals surface area contributed by atoms with E-state index in [1.165, 1.54) is 26.2 Å². The molecule has 0 radical (unpaired) electrons. The summed E-state index contributed by atoms with van der Waals surface area (Å²) in [5.41, 5.74) is 0.268. The number of pyridine rings is 2. The molecule has 4 atom stereocenters. The normalized spacial score (nSPS) is 13.6. The van der Waals surface area contributed by atoms with Gasteiger partial charge < -0.3 is 19.9 Å². The SMILES string of the molecule is CC(=O)N[C@H](C(=O)OBOC(=O)[C@@H](NC(C)=O)C(C(=O)c1nccc2ccccc12)C(C)C)C(C(=O)c1nccc2ccccc12)C(C)C. The summed E-state index contributed by atoms with van der Waals surface area (Å²) in [5.74, 6) is -7.28. The molecule has 2 amide bonds. The van der Waals surface area contributed by atoms with Crippen LogP contribution < -0.4 is 10.6 Å². The summed E-state index contributed by atoms with van der Waals surface area (Å²) in [6.07, 6.45) is 2.99. The highest BCUT2D eigenvalue weighted by Gasteiger charge is 2.41. The fourth-order valence-electron chi connectivity index (χ4n) is 5.98. The minimum Gasteiger partial charge on any atom is -0.500 e. The lowest BCUT2D eigenvalue weighted by Gasteiger charge is -2.29. The van der Waals surface area contributed by atoms with Crippen LogP contribution in [0.5, 0.6) is 0 Å². The second kappa shape index (κ2) is 16.1. The first kappa shape index (κ1) is 36.4. The van der Waals surface area contributed by atoms with Gasteiger partial charge in [-0.15, -0.1) is 0 Å². The second-order valence-electron chi connectivity index (χ2n) is 12.4. The van der Waals surface area contributed by atoms with Crippen molar-refractivity contribution in [3.63, 3.8) is 0 Å². The van der Waals surface area contributed by atoms with Gasteiger partial charge in [-0.2, -0.15) is 0 Å². The number of nitrogens with zero attached hydrogens (tertiary/aromatic N) is 2. The van der Waals surface area contributed by atoms with Gasteiger partial charge in [0.25, 0.3) is 0 Å². The van der Waals surface area contributed by atoms with Crippen molar-refractivity contribution < 1.29 is 38.1 Å². The van der Waals surface area contributed by atoms with E-state index in [0.29, 0.717) is 10.8 Å². The van der Waals surface area contributed by atoms with E-state index >= 15 is 0 Å². The van der Waals surface area contributed by atoms with Gasteiger partial charge in [0.1, 0.15) is 23.5 Å². The van der Waals surface area contributed by atoms with Gasteiger partial charge in [-0.25, -0.2) is 0 Å². The molecule has 0 spiro atoms. The Morgan fingerprint density at radius 1 is 0.592 bits per heavy atom. The van der Waals surface area contributed by atoms with Gasteiger partial charge in [0, 0.05) is 37.0 Å². The maximum atomic E-state index is 13.9. The molecule has 254 valence electrons. The number of aromatic nitrogens is 2. The number of hydrogen-bond acceptors (Lipinski definition) is 10. The average molecular weight is 667 g/mol. The molecule has 4 rings (SSSR count). The largest absolute Gasteiger partial charge is 0.580 e. The van der Waals surface area contributed by atoms with E-state index in [1.807, 2.05) is 24.3 Å². The Kier molecular flexibility index (Phi) is 12.0. The molecule has 49 heavy (non-hydrogen) atoms. The summed E-state index contributed by atoms with van der Waals surface area (Å²) in [4.78, 5) is 87.8. The van der Waals surface area contributed by atoms with Crippen LogP contribution in [0.2, 0.25) is 0 Å². The monoisotopic (exact) mass is 666 g/mol. The molecule has 13 heteroatoms. The number of Topliss-reactive ketones (excluding diaryl/α,β-unsaturated/α-hetero) is 2. The molecule has 0 aliphatic rings. The van der Waals surface area contributed by atoms with Crippen molar-refractivity contribution in [3.8, 4) is 0 Å². The van der Waals surface area contributed by atoms with Crippen LogP contribution in [0.15, 0.2) is 73.1 Å². The first-order valence-electron chi connectivity index (χ1n) is 15.9. The Morgan fingerprint density at radius 3 is 1.31 bits per heavy atom. The van der Waals surface area contributed by atoms with Crippen molar-refractivity contribution in [3.05, 3.63) is 84.4 Å². The zero-order valence-electron chi connectivity index (χ0n) is 28.3. The third-order valence-electron chi connectivity index (χ3n) is 8.20. The van der Waals surface area contributed by atoms with Crippen molar-refractivity contribution in [2.24, 2.45) is 23.7 Å². The Labute approximate surface area is 284 Å². The van der Waals surface area contributed by atoms with Crippen LogP contribution in [-0.4, -0.2) is 65.1 Å². The number of ketones is 2. The molecule has 2 aromatic heterocycles. The molecular weight excluding hydrogens is 627 g/mol. The fraction of sp³-hybridized carbons (Fsp3) is 0.333. The number of amides is 2. The van der Waals surface area contributed by atoms with Crippen LogP contribution in [-0.2, 0) is 28.5 Å². The molecule has 0 fully saturated rings. The quantitative estimate of drug-likeness (QED) is 0.149. The topological polar surface area (TPSA) is 171 Å². The Morgan fingerprint density at radius 2 is 0.959 bits per heavy atom. The molecule has 0 aliphatic heterocycles. The van der Waals surface area contributed by atoms with Crippen molar-refractivity contribution in [2.75, 3.05) is 0 Å². The van der Waals surface area contributed by atoms with Gasteiger partial charge in [-0.1, -0.05) is 76.2 Å². The molecule has 0 saturated carbocycles. The van der Waals surface area contributed by atoms with Crippen molar-refractivity contribution in [2.45, 2.75) is 53.6 Å². The minimum atomic E-state index is -1.45. The zero-order valence-corrected chi connectivity index (χ0v) is 28.3. The van der Waals surface area contributed by atoms with E-state index in [1.54, 1.807) is 64.1 Å². The minimum absolute atomic E-state index is 0.134. The van der Waals surface area contributed by atoms with Crippen LogP contribution >= 0.6 is 0 Å². The van der Waals surface area contributed by atoms with Gasteiger partial charge >= 0.3 is 19.6 Å². The summed E-state index contributed by atoms with van der Waals surface area (Å²) >= 11 is 0. The highest BCUT2D eigenvalue weighted by atomic mass is 16.6. The summed E-state index contributed by atoms with van der Waals surface area (Å²) < 4.78 is 10.6. The number of hydrogen-bond donors (Lipinski definition) is 2. The van der Waals surface area contributed by atoms with Crippen LogP contribution in [0.1, 0.15) is 62.5 Å². The molecule has 2 N–H and O–H groups in total. The van der Waals surface area contributed by atoms with Gasteiger partial charge in [0.2, 0.25) is 11.8 Å². The molecular formula is C36H39BN4O8. The van der Waals surface area contributed by atoms with E-state index in [9.17, 15) is 28.8 Å². The highest BCUT2D eigenvalue weighted by molar-refractivity contribution is 6.27. The molecule has 0 bridgehead atoms. The Bertz CT molecular complexity index is 1750. The molecule has 0 saturated heterocycles. The second-order valence-corrected chi connectivity index (χ2v) is 12.4. The number of benzene rings is 2. The van der Waals surface area contributed by atoms with E-state index in [4.69, 9.17) is 9.31 Å². The van der Waals surface area contributed by atoms with Crippen LogP contribution in [0.4, 0.5) is 0 Å². The first-order valence-corrected chi connectivity index (χ1v) is 15.9. The number of nitrogens with one attached hydrogen (secondary N) is 2. The van der Waals surface area contributed by atoms with E-state index in [0.717, 1.165) is 10.8 Å². The molecule has 0 aliphatic carbocycles. The standard InChI is InChI=1S/C36H39BN4O8/c1-19(2)27(33(44)29-25-13-9-7-11-23(25)15-17-38-29)31(40-21(5)42)35(46)48-37-49-36(47)32(41-22(6)43)28(20(3)4)34(45)30-26-14-10-8-12-24(26)16-18-39-30/h7-20,27-28,31-32,37H,1-6H3,(H,40,42)(H,41,43)/t27?,28?,31-,32-/m0/s1. The molecule has 2 aromatic carbocycles. The van der Waals surface area contributed by atoms with E-state index < -0.39 is 78.8 Å². The predicted octanol–water partition coefficient (Wildman–Crippen LogP) is 3.76. The average Bonchev–Trinajstić information content (AvgIpc) is 3.06. The molecule has 2 unspecified atom stereocenters. The predicted molar refractivity (Wildman–Crippen MR) is 183 cm³/mol. The molecule has 2 heterocycles. The highest BCUT2D eigenvalue weighted by Crippen LogP contribution is 2.27. The lowest BCUT2D eigenvalue weighted by molar-refractivity contribution is -0.145. The maximum Gasteiger partial charge on any atom is 0.580 e. The van der Waals surface area contributed by atoms with Crippen LogP contribution in [0, 0.1) is 23.7 Å². The van der Waals surface area contributed by atoms with Crippen LogP contribution in [0.25, 0.3) is 21.5 Å². The molecule has 4 aromatic rings. The van der Waals surface area contributed by atoms with Crippen LogP contribution in [0.3, 0.4) is 0 Å². The number of fused-ring (bicyclic) bond motifs is 2. The van der Waals surface area contributed by atoms with Gasteiger partial charge in [-0.3, -0.25) is 38.7 Å². The third-order valence-corrected chi connectivity index (χ3v) is 8.20. The zero-order chi connectivity index (χ0) is 35.8. The van der Waals surface area contributed by atoms with Crippen molar-refractivity contribution in [1.82, 2.24) is 20.6 Å². The number of rotatable bonds is 14. The lowest BCUT2D eigenvalue weighted by atomic mass is 9.82. The van der Waals surface area contributed by atoms with Gasteiger partial charge in [-0.05, 0) is 34.7 Å². The van der Waals surface area contributed by atoms with Crippen molar-refractivity contribution >= 4 is 64.5 Å². The third kappa shape index (κ3) is 8.53. The summed E-state index contributed by atoms with van der Waals surface area (Å²) in [6, 6.07) is 15.0. The lowest BCUT2D eigenvalue weighted by Crippen LogP contribution is -2.52. The van der Waals surface area contributed by atoms with Crippen molar-refractivity contribution in [1.29, 1.82) is 0 Å². The first-order chi connectivity index (χ1) is 23.3. The number of carbonyl (C=O) groups is 6. The maximum absolute atomic E-state index is 13.9. The summed E-state index contributed by atoms with van der Waals surface area (Å²) in [7, 11) is -0.916. The Balaban J connectivity index is 1.55. The van der Waals surface area contributed by atoms with E-state index in [-0.39, 0.29) is 11.4 Å². The fourth-order valence-corrected chi connectivity index (χ4v) is 5.98. The van der Waals surface area contributed by atoms with Gasteiger partial charge in [0.05, 0.1) is 11.8 Å². The van der Waals surface area contributed by atoms with Gasteiger partial charge in [0.15, 0.2) is 11.6 Å². The number of carbonyl (C=O) groups excluding carboxylic acids is 6. The summed E-state index contributed by atoms with van der Waals surface area (Å²) in [6.45, 7) is 9.29. The Hall–Kier alpha value is -5.46. The molecule has 12 nitrogen and oxygen atoms in total. The smallest absolute Gasteiger partial charge is 0.500 e. The van der Waals surface area contributed by atoms with E-state index in [2.05, 4.69) is 20.6 Å². The summed E-state index contributed by atoms with van der Waals surface area (Å²) in [5, 5.41) is 7.75.